The zero-order valence-corrected chi connectivity index (χ0v) is 17.5. The van der Waals surface area contributed by atoms with Crippen LogP contribution < -0.4 is 5.32 Å². The van der Waals surface area contributed by atoms with E-state index in [9.17, 15) is 4.79 Å². The molecule has 0 atom stereocenters. The topological polar surface area (TPSA) is 55.1 Å². The molecule has 1 aromatic heterocycles. The van der Waals surface area contributed by atoms with Gasteiger partial charge in [-0.25, -0.2) is 0 Å². The molecule has 4 heteroatoms. The average Bonchev–Trinajstić information content (AvgIpc) is 3.37. The number of aromatic nitrogens is 1. The van der Waals surface area contributed by atoms with Crippen LogP contribution in [-0.4, -0.2) is 17.1 Å². The molecular formula is C27H24N2O2. The standard InChI is InChI=1S/C27H24N2O2/c1-18-25(17-26(30)28-24-15-22-9-5-6-10-23(22)16-24)27(31-29-18)21-13-11-20(12-14-21)19-7-3-2-4-8-19/h2-14,24H,15-17H2,1H3,(H,28,30). The first-order chi connectivity index (χ1) is 15.2. The Balaban J connectivity index is 1.30. The maximum Gasteiger partial charge on any atom is 0.224 e. The van der Waals surface area contributed by atoms with Crippen molar-refractivity contribution in [2.24, 2.45) is 0 Å². The molecule has 1 amide bonds. The summed E-state index contributed by atoms with van der Waals surface area (Å²) in [6.45, 7) is 1.89. The number of benzene rings is 3. The van der Waals surface area contributed by atoms with Crippen molar-refractivity contribution in [2.45, 2.75) is 32.2 Å². The molecule has 0 fully saturated rings. The second-order valence-electron chi connectivity index (χ2n) is 8.14. The van der Waals surface area contributed by atoms with Gasteiger partial charge in [-0.3, -0.25) is 4.79 Å². The maximum absolute atomic E-state index is 12.8. The predicted molar refractivity (Wildman–Crippen MR) is 122 cm³/mol. The van der Waals surface area contributed by atoms with E-state index in [0.717, 1.165) is 35.2 Å². The van der Waals surface area contributed by atoms with Gasteiger partial charge in [-0.05, 0) is 42.0 Å². The van der Waals surface area contributed by atoms with E-state index in [4.69, 9.17) is 4.52 Å². The summed E-state index contributed by atoms with van der Waals surface area (Å²) in [6, 6.07) is 27.0. The monoisotopic (exact) mass is 408 g/mol. The van der Waals surface area contributed by atoms with E-state index in [0.29, 0.717) is 5.76 Å². The van der Waals surface area contributed by atoms with Gasteiger partial charge in [0.1, 0.15) is 0 Å². The number of carbonyl (C=O) groups excluding carboxylic acids is 1. The minimum absolute atomic E-state index is 0.00580. The SMILES string of the molecule is Cc1noc(-c2ccc(-c3ccccc3)cc2)c1CC(=O)NC1Cc2ccccc2C1. The minimum Gasteiger partial charge on any atom is -0.356 e. The summed E-state index contributed by atoms with van der Waals surface area (Å²) in [5, 5.41) is 7.33. The lowest BCUT2D eigenvalue weighted by molar-refractivity contribution is -0.121. The van der Waals surface area contributed by atoms with Gasteiger partial charge in [0, 0.05) is 17.2 Å². The van der Waals surface area contributed by atoms with Crippen LogP contribution in [0.25, 0.3) is 22.5 Å². The van der Waals surface area contributed by atoms with E-state index in [1.807, 2.05) is 37.3 Å². The van der Waals surface area contributed by atoms with Crippen LogP contribution in [-0.2, 0) is 24.1 Å². The van der Waals surface area contributed by atoms with E-state index in [1.54, 1.807) is 0 Å². The normalized spacial score (nSPS) is 13.2. The van der Waals surface area contributed by atoms with E-state index < -0.39 is 0 Å². The lowest BCUT2D eigenvalue weighted by atomic mass is 10.00. The Kier molecular flexibility index (Phi) is 5.13. The van der Waals surface area contributed by atoms with Crippen molar-refractivity contribution < 1.29 is 9.32 Å². The third-order valence-electron chi connectivity index (χ3n) is 5.99. The zero-order valence-electron chi connectivity index (χ0n) is 17.5. The molecule has 0 unspecified atom stereocenters. The molecule has 5 rings (SSSR count). The molecule has 1 heterocycles. The Morgan fingerprint density at radius 1 is 0.871 bits per heavy atom. The summed E-state index contributed by atoms with van der Waals surface area (Å²) < 4.78 is 5.62. The van der Waals surface area contributed by atoms with Crippen molar-refractivity contribution in [3.63, 3.8) is 0 Å². The number of hydrogen-bond acceptors (Lipinski definition) is 3. The largest absolute Gasteiger partial charge is 0.356 e. The number of nitrogens with zero attached hydrogens (tertiary/aromatic N) is 1. The number of carbonyl (C=O) groups is 1. The fraction of sp³-hybridized carbons (Fsp3) is 0.185. The quantitative estimate of drug-likeness (QED) is 0.497. The molecule has 31 heavy (non-hydrogen) atoms. The minimum atomic E-state index is 0.00580. The van der Waals surface area contributed by atoms with Gasteiger partial charge in [-0.2, -0.15) is 0 Å². The lowest BCUT2D eigenvalue weighted by Gasteiger charge is -2.12. The summed E-state index contributed by atoms with van der Waals surface area (Å²) >= 11 is 0. The zero-order chi connectivity index (χ0) is 21.2. The average molecular weight is 409 g/mol. The summed E-state index contributed by atoms with van der Waals surface area (Å²) in [5.74, 6) is 0.674. The third kappa shape index (κ3) is 4.02. The highest BCUT2D eigenvalue weighted by Gasteiger charge is 2.24. The molecule has 4 aromatic rings. The summed E-state index contributed by atoms with van der Waals surface area (Å²) in [7, 11) is 0. The van der Waals surface area contributed by atoms with Crippen molar-refractivity contribution in [3.05, 3.63) is 101 Å². The van der Waals surface area contributed by atoms with Crippen molar-refractivity contribution in [1.82, 2.24) is 10.5 Å². The Hall–Kier alpha value is -3.66. The van der Waals surface area contributed by atoms with E-state index in [2.05, 4.69) is 59.0 Å². The number of rotatable bonds is 5. The molecule has 0 bridgehead atoms. The van der Waals surface area contributed by atoms with Gasteiger partial charge in [0.05, 0.1) is 12.1 Å². The molecule has 0 spiro atoms. The number of hydrogen-bond donors (Lipinski definition) is 1. The highest BCUT2D eigenvalue weighted by molar-refractivity contribution is 5.82. The molecule has 1 aliphatic carbocycles. The fourth-order valence-electron chi connectivity index (χ4n) is 4.37. The van der Waals surface area contributed by atoms with E-state index in [-0.39, 0.29) is 18.4 Å². The fourth-order valence-corrected chi connectivity index (χ4v) is 4.37. The van der Waals surface area contributed by atoms with Crippen LogP contribution in [0.1, 0.15) is 22.4 Å². The predicted octanol–water partition coefficient (Wildman–Crippen LogP) is 5.14. The van der Waals surface area contributed by atoms with Gasteiger partial charge in [0.15, 0.2) is 5.76 Å². The molecule has 0 saturated heterocycles. The van der Waals surface area contributed by atoms with Crippen LogP contribution in [0.15, 0.2) is 83.4 Å². The van der Waals surface area contributed by atoms with Gasteiger partial charge in [-0.1, -0.05) is 84.0 Å². The van der Waals surface area contributed by atoms with Gasteiger partial charge >= 0.3 is 0 Å². The van der Waals surface area contributed by atoms with Crippen LogP contribution in [0.4, 0.5) is 0 Å². The first-order valence-electron chi connectivity index (χ1n) is 10.6. The summed E-state index contributed by atoms with van der Waals surface area (Å²) in [5.41, 5.74) is 7.49. The molecular weight excluding hydrogens is 384 g/mol. The second-order valence-corrected chi connectivity index (χ2v) is 8.14. The first kappa shape index (κ1) is 19.3. The molecule has 1 aliphatic rings. The summed E-state index contributed by atoms with van der Waals surface area (Å²) in [4.78, 5) is 12.8. The Labute approximate surface area is 181 Å². The molecule has 0 radical (unpaired) electrons. The maximum atomic E-state index is 12.8. The van der Waals surface area contributed by atoms with Crippen LogP contribution in [0.3, 0.4) is 0 Å². The van der Waals surface area contributed by atoms with Crippen LogP contribution in [0.5, 0.6) is 0 Å². The third-order valence-corrected chi connectivity index (χ3v) is 5.99. The van der Waals surface area contributed by atoms with Crippen LogP contribution in [0, 0.1) is 6.92 Å². The first-order valence-corrected chi connectivity index (χ1v) is 10.6. The molecule has 3 aromatic carbocycles. The highest BCUT2D eigenvalue weighted by atomic mass is 16.5. The van der Waals surface area contributed by atoms with Gasteiger partial charge in [0.2, 0.25) is 5.91 Å². The Morgan fingerprint density at radius 3 is 2.13 bits per heavy atom. The van der Waals surface area contributed by atoms with Crippen molar-refractivity contribution in [3.8, 4) is 22.5 Å². The molecule has 4 nitrogen and oxygen atoms in total. The number of fused-ring (bicyclic) bond motifs is 1. The van der Waals surface area contributed by atoms with Crippen molar-refractivity contribution in [1.29, 1.82) is 0 Å². The highest BCUT2D eigenvalue weighted by Crippen LogP contribution is 2.29. The smallest absolute Gasteiger partial charge is 0.224 e. The van der Waals surface area contributed by atoms with Crippen LogP contribution >= 0.6 is 0 Å². The lowest BCUT2D eigenvalue weighted by Crippen LogP contribution is -2.36. The molecule has 154 valence electrons. The number of aryl methyl sites for hydroxylation is 1. The Morgan fingerprint density at radius 2 is 1.45 bits per heavy atom. The Bertz CT molecular complexity index is 1180. The van der Waals surface area contributed by atoms with Crippen molar-refractivity contribution >= 4 is 5.91 Å². The van der Waals surface area contributed by atoms with Gasteiger partial charge < -0.3 is 9.84 Å². The van der Waals surface area contributed by atoms with E-state index >= 15 is 0 Å². The molecule has 0 aliphatic heterocycles. The van der Waals surface area contributed by atoms with Gasteiger partial charge in [0.25, 0.3) is 0 Å². The second kappa shape index (κ2) is 8.23. The molecule has 1 N–H and O–H groups in total. The van der Waals surface area contributed by atoms with Crippen LogP contribution in [0.2, 0.25) is 0 Å². The number of nitrogens with one attached hydrogen (secondary N) is 1. The van der Waals surface area contributed by atoms with Crippen molar-refractivity contribution in [2.75, 3.05) is 0 Å². The van der Waals surface area contributed by atoms with Gasteiger partial charge in [-0.15, -0.1) is 0 Å². The summed E-state index contributed by atoms with van der Waals surface area (Å²) in [6.07, 6.45) is 2.04. The van der Waals surface area contributed by atoms with E-state index in [1.165, 1.54) is 16.7 Å². The molecule has 0 saturated carbocycles. The number of amides is 1.